The number of benzene rings is 1. The van der Waals surface area contributed by atoms with Crippen molar-refractivity contribution in [1.29, 1.82) is 0 Å². The predicted octanol–water partition coefficient (Wildman–Crippen LogP) is 3.75. The van der Waals surface area contributed by atoms with Gasteiger partial charge in [0.2, 0.25) is 11.9 Å². The monoisotopic (exact) mass is 483 g/mol. The van der Waals surface area contributed by atoms with E-state index >= 15 is 0 Å². The van der Waals surface area contributed by atoms with Gasteiger partial charge in [0.15, 0.2) is 5.65 Å². The van der Waals surface area contributed by atoms with E-state index in [0.29, 0.717) is 30.8 Å². The van der Waals surface area contributed by atoms with E-state index in [1.165, 1.54) is 12.8 Å². The Morgan fingerprint density at radius 2 is 1.81 bits per heavy atom. The predicted molar refractivity (Wildman–Crippen MR) is 139 cm³/mol. The Kier molecular flexibility index (Phi) is 5.98. The maximum atomic E-state index is 11.6. The highest BCUT2D eigenvalue weighted by Gasteiger charge is 2.23. The van der Waals surface area contributed by atoms with Crippen LogP contribution in [0.25, 0.3) is 28.3 Å². The van der Waals surface area contributed by atoms with Gasteiger partial charge < -0.3 is 20.7 Å². The second-order valence-electron chi connectivity index (χ2n) is 9.33. The van der Waals surface area contributed by atoms with Crippen LogP contribution in [0.3, 0.4) is 0 Å². The number of amides is 1. The molecule has 2 fully saturated rings. The fourth-order valence-corrected chi connectivity index (χ4v) is 5.16. The van der Waals surface area contributed by atoms with Crippen LogP contribution in [-0.2, 0) is 4.74 Å². The Morgan fingerprint density at radius 3 is 2.56 bits per heavy atom. The molecule has 4 aromatic rings. The minimum absolute atomic E-state index is 0.413. The second kappa shape index (κ2) is 9.58. The summed E-state index contributed by atoms with van der Waals surface area (Å²) in [5.74, 6) is 0.179. The first-order chi connectivity index (χ1) is 17.7. The van der Waals surface area contributed by atoms with Crippen LogP contribution in [0, 0.1) is 0 Å². The minimum atomic E-state index is -0.454. The molecule has 0 unspecified atom stereocenters. The molecule has 3 N–H and O–H groups in total. The Hall–Kier alpha value is -3.98. The summed E-state index contributed by atoms with van der Waals surface area (Å²) in [5, 5.41) is 3.51. The van der Waals surface area contributed by atoms with Gasteiger partial charge in [0.05, 0.1) is 36.0 Å². The molecule has 184 valence electrons. The zero-order valence-electron chi connectivity index (χ0n) is 20.1. The minimum Gasteiger partial charge on any atom is -0.378 e. The number of imidazole rings is 1. The number of morpholine rings is 1. The number of nitrogens with one attached hydrogen (secondary N) is 1. The zero-order valence-corrected chi connectivity index (χ0v) is 20.1. The van der Waals surface area contributed by atoms with Crippen molar-refractivity contribution in [3.63, 3.8) is 0 Å². The van der Waals surface area contributed by atoms with Crippen LogP contribution in [0.4, 0.5) is 11.6 Å². The number of aromatic nitrogens is 4. The first-order valence-corrected chi connectivity index (χ1v) is 12.5. The van der Waals surface area contributed by atoms with E-state index in [4.69, 9.17) is 20.4 Å². The number of hydrogen-bond acceptors (Lipinski definition) is 7. The molecule has 0 bridgehead atoms. The summed E-state index contributed by atoms with van der Waals surface area (Å²) in [6.45, 7) is 3.01. The lowest BCUT2D eigenvalue weighted by Crippen LogP contribution is -2.36. The lowest BCUT2D eigenvalue weighted by molar-refractivity contribution is 0.100. The average Bonchev–Trinajstić information content (AvgIpc) is 3.57. The average molecular weight is 484 g/mol. The van der Waals surface area contributed by atoms with Crippen LogP contribution in [0.2, 0.25) is 0 Å². The summed E-state index contributed by atoms with van der Waals surface area (Å²) in [4.78, 5) is 28.5. The van der Waals surface area contributed by atoms with E-state index in [2.05, 4.69) is 25.7 Å². The zero-order chi connectivity index (χ0) is 24.5. The topological polar surface area (TPSA) is 111 Å². The number of nitrogens with zero attached hydrogens (tertiary/aromatic N) is 5. The van der Waals surface area contributed by atoms with E-state index in [1.807, 2.05) is 30.5 Å². The van der Waals surface area contributed by atoms with E-state index in [0.717, 1.165) is 59.9 Å². The first-order valence-electron chi connectivity index (χ1n) is 12.5. The number of anilines is 2. The number of fused-ring (bicyclic) bond motifs is 1. The largest absolute Gasteiger partial charge is 0.378 e. The molecule has 3 aromatic heterocycles. The Bertz CT molecular complexity index is 1390. The molecule has 1 aliphatic carbocycles. The van der Waals surface area contributed by atoms with Crippen molar-refractivity contribution in [3.8, 4) is 22.6 Å². The Balaban J connectivity index is 1.50. The number of primary amides is 1. The van der Waals surface area contributed by atoms with Crippen LogP contribution in [0.5, 0.6) is 0 Å². The Labute approximate surface area is 209 Å². The van der Waals surface area contributed by atoms with Crippen molar-refractivity contribution in [2.24, 2.45) is 5.73 Å². The number of nitrogens with two attached hydrogens (primary N) is 1. The van der Waals surface area contributed by atoms with Gasteiger partial charge in [-0.3, -0.25) is 9.20 Å². The molecule has 1 saturated heterocycles. The SMILES string of the molecule is NC(=O)c1ccc(-c2nc3c(N4CCOCC4)cccn3c2-c2ccnc(NC3CCCC3)n2)cc1. The lowest BCUT2D eigenvalue weighted by atomic mass is 10.1. The molecule has 9 nitrogen and oxygen atoms in total. The Morgan fingerprint density at radius 1 is 1.03 bits per heavy atom. The van der Waals surface area contributed by atoms with Crippen molar-refractivity contribution >= 4 is 23.2 Å². The number of rotatable bonds is 6. The highest BCUT2D eigenvalue weighted by molar-refractivity contribution is 5.93. The molecule has 1 amide bonds. The summed E-state index contributed by atoms with van der Waals surface area (Å²) < 4.78 is 7.67. The molecule has 0 spiro atoms. The highest BCUT2D eigenvalue weighted by Crippen LogP contribution is 2.35. The second-order valence-corrected chi connectivity index (χ2v) is 9.33. The molecule has 2 aliphatic rings. The molecule has 9 heteroatoms. The van der Waals surface area contributed by atoms with Gasteiger partial charge in [-0.15, -0.1) is 0 Å². The number of carbonyl (C=O) groups is 1. The molecule has 1 aromatic carbocycles. The van der Waals surface area contributed by atoms with Gasteiger partial charge in [-0.25, -0.2) is 15.0 Å². The molecular formula is C27H29N7O2. The van der Waals surface area contributed by atoms with Gasteiger partial charge in [0.25, 0.3) is 0 Å². The molecule has 1 aliphatic heterocycles. The molecule has 6 rings (SSSR count). The smallest absolute Gasteiger partial charge is 0.248 e. The first kappa shape index (κ1) is 22.5. The van der Waals surface area contributed by atoms with Crippen molar-refractivity contribution in [1.82, 2.24) is 19.4 Å². The summed E-state index contributed by atoms with van der Waals surface area (Å²) in [7, 11) is 0. The van der Waals surface area contributed by atoms with Crippen molar-refractivity contribution in [3.05, 3.63) is 60.4 Å². The van der Waals surface area contributed by atoms with Crippen LogP contribution >= 0.6 is 0 Å². The lowest BCUT2D eigenvalue weighted by Gasteiger charge is -2.28. The number of ether oxygens (including phenoxy) is 1. The van der Waals surface area contributed by atoms with Crippen molar-refractivity contribution in [2.75, 3.05) is 36.5 Å². The van der Waals surface area contributed by atoms with Gasteiger partial charge in [0, 0.05) is 42.7 Å². The third-order valence-electron chi connectivity index (χ3n) is 7.01. The normalized spacial score (nSPS) is 16.5. The van der Waals surface area contributed by atoms with Gasteiger partial charge >= 0.3 is 0 Å². The standard InChI is InChI=1S/C27H29N7O2/c28-25(35)19-9-7-18(8-10-19)23-24(21-11-12-29-27(31-21)30-20-4-1-2-5-20)34-13-3-6-22(26(34)32-23)33-14-16-36-17-15-33/h3,6-13,20H,1-2,4-5,14-17H2,(H2,28,35)(H,29,30,31). The molecule has 36 heavy (non-hydrogen) atoms. The molecule has 1 saturated carbocycles. The molecular weight excluding hydrogens is 454 g/mol. The third kappa shape index (κ3) is 4.26. The van der Waals surface area contributed by atoms with E-state index < -0.39 is 5.91 Å². The quantitative estimate of drug-likeness (QED) is 0.430. The van der Waals surface area contributed by atoms with Gasteiger partial charge in [-0.1, -0.05) is 25.0 Å². The van der Waals surface area contributed by atoms with Crippen LogP contribution in [0.1, 0.15) is 36.0 Å². The number of hydrogen-bond donors (Lipinski definition) is 2. The molecule has 4 heterocycles. The maximum Gasteiger partial charge on any atom is 0.248 e. The fourth-order valence-electron chi connectivity index (χ4n) is 5.16. The number of pyridine rings is 1. The molecule has 0 radical (unpaired) electrons. The van der Waals surface area contributed by atoms with Gasteiger partial charge in [-0.2, -0.15) is 0 Å². The van der Waals surface area contributed by atoms with Crippen molar-refractivity contribution in [2.45, 2.75) is 31.7 Å². The maximum absolute atomic E-state index is 11.6. The third-order valence-corrected chi connectivity index (χ3v) is 7.01. The fraction of sp³-hybridized carbons (Fsp3) is 0.333. The summed E-state index contributed by atoms with van der Waals surface area (Å²) in [6.07, 6.45) is 8.58. The van der Waals surface area contributed by atoms with Crippen LogP contribution in [-0.4, -0.2) is 57.6 Å². The van der Waals surface area contributed by atoms with Crippen LogP contribution < -0.4 is 16.0 Å². The van der Waals surface area contributed by atoms with Gasteiger partial charge in [-0.05, 0) is 43.2 Å². The highest BCUT2D eigenvalue weighted by atomic mass is 16.5. The van der Waals surface area contributed by atoms with Crippen LogP contribution in [0.15, 0.2) is 54.9 Å². The summed E-state index contributed by atoms with van der Waals surface area (Å²) in [5.41, 5.74) is 11.2. The van der Waals surface area contributed by atoms with E-state index in [-0.39, 0.29) is 0 Å². The summed E-state index contributed by atoms with van der Waals surface area (Å²) >= 11 is 0. The molecule has 0 atom stereocenters. The van der Waals surface area contributed by atoms with Crippen molar-refractivity contribution < 1.29 is 9.53 Å². The number of carbonyl (C=O) groups excluding carboxylic acids is 1. The van der Waals surface area contributed by atoms with E-state index in [1.54, 1.807) is 18.3 Å². The van der Waals surface area contributed by atoms with E-state index in [9.17, 15) is 4.79 Å². The summed E-state index contributed by atoms with van der Waals surface area (Å²) in [6, 6.07) is 13.7. The van der Waals surface area contributed by atoms with Gasteiger partial charge in [0.1, 0.15) is 0 Å².